The van der Waals surface area contributed by atoms with Crippen LogP contribution in [0, 0.1) is 0 Å². The van der Waals surface area contributed by atoms with Gasteiger partial charge in [-0.3, -0.25) is 4.98 Å². The van der Waals surface area contributed by atoms with Crippen LogP contribution < -0.4 is 0 Å². The summed E-state index contributed by atoms with van der Waals surface area (Å²) in [6, 6.07) is 11.2. The Kier molecular flexibility index (Phi) is 2.63. The molecule has 1 N–H and O–H groups in total. The molecule has 2 atom stereocenters. The molecule has 0 amide bonds. The molecule has 2 aliphatic rings. The van der Waals surface area contributed by atoms with Crippen LogP contribution in [0.2, 0.25) is 0 Å². The molecular formula is C17H20N2O. The minimum absolute atomic E-state index is 0.519. The number of rotatable bonds is 1. The molecule has 3 nitrogen and oxygen atoms in total. The molecule has 0 spiro atoms. The summed E-state index contributed by atoms with van der Waals surface area (Å²) in [5.41, 5.74) is 1.35. The molecule has 1 aromatic heterocycles. The van der Waals surface area contributed by atoms with Crippen molar-refractivity contribution in [2.75, 3.05) is 7.05 Å². The molecule has 2 saturated heterocycles. The Bertz CT molecular complexity index is 635. The number of nitrogens with zero attached hydrogens (tertiary/aromatic N) is 2. The molecule has 3 heteroatoms. The maximum Gasteiger partial charge on any atom is 0.0932 e. The molecule has 2 bridgehead atoms. The van der Waals surface area contributed by atoms with Gasteiger partial charge in [0, 0.05) is 23.7 Å². The van der Waals surface area contributed by atoms with E-state index in [1.807, 2.05) is 24.4 Å². The number of benzene rings is 1. The largest absolute Gasteiger partial charge is 0.385 e. The van der Waals surface area contributed by atoms with Gasteiger partial charge in [0.15, 0.2) is 0 Å². The van der Waals surface area contributed by atoms with Crippen LogP contribution in [0.5, 0.6) is 0 Å². The van der Waals surface area contributed by atoms with Crippen molar-refractivity contribution in [3.8, 4) is 0 Å². The molecule has 2 aromatic rings. The zero-order valence-corrected chi connectivity index (χ0v) is 11.8. The van der Waals surface area contributed by atoms with Gasteiger partial charge >= 0.3 is 0 Å². The summed E-state index contributed by atoms with van der Waals surface area (Å²) in [7, 11) is 2.20. The lowest BCUT2D eigenvalue weighted by Crippen LogP contribution is -2.47. The van der Waals surface area contributed by atoms with Crippen LogP contribution in [0.3, 0.4) is 0 Å². The lowest BCUT2D eigenvalue weighted by atomic mass is 9.79. The van der Waals surface area contributed by atoms with E-state index >= 15 is 0 Å². The van der Waals surface area contributed by atoms with Crippen LogP contribution in [0.1, 0.15) is 31.2 Å². The lowest BCUT2D eigenvalue weighted by molar-refractivity contribution is -0.0482. The molecule has 4 rings (SSSR count). The van der Waals surface area contributed by atoms with E-state index in [2.05, 4.69) is 29.1 Å². The quantitative estimate of drug-likeness (QED) is 0.864. The Morgan fingerprint density at radius 1 is 1.15 bits per heavy atom. The predicted octanol–water partition coefficient (Wildman–Crippen LogP) is 2.68. The number of piperidine rings is 1. The van der Waals surface area contributed by atoms with Crippen molar-refractivity contribution in [2.45, 2.75) is 43.4 Å². The summed E-state index contributed by atoms with van der Waals surface area (Å²) in [5.74, 6) is 0. The minimum Gasteiger partial charge on any atom is -0.385 e. The molecule has 20 heavy (non-hydrogen) atoms. The minimum atomic E-state index is -0.694. The first kappa shape index (κ1) is 12.3. The second kappa shape index (κ2) is 4.27. The van der Waals surface area contributed by atoms with Crippen molar-refractivity contribution in [2.24, 2.45) is 0 Å². The third-order valence-corrected chi connectivity index (χ3v) is 5.28. The molecule has 2 aliphatic heterocycles. The Morgan fingerprint density at radius 2 is 1.90 bits per heavy atom. The highest BCUT2D eigenvalue weighted by atomic mass is 16.3. The van der Waals surface area contributed by atoms with E-state index < -0.39 is 5.60 Å². The maximum atomic E-state index is 11.3. The summed E-state index contributed by atoms with van der Waals surface area (Å²) in [6.07, 6.45) is 5.93. The van der Waals surface area contributed by atoms with Gasteiger partial charge < -0.3 is 10.0 Å². The summed E-state index contributed by atoms with van der Waals surface area (Å²) < 4.78 is 0. The van der Waals surface area contributed by atoms with E-state index in [9.17, 15) is 5.11 Å². The van der Waals surface area contributed by atoms with Crippen molar-refractivity contribution >= 4 is 10.9 Å². The van der Waals surface area contributed by atoms with Crippen LogP contribution >= 0.6 is 0 Å². The monoisotopic (exact) mass is 268 g/mol. The van der Waals surface area contributed by atoms with Gasteiger partial charge in [-0.1, -0.05) is 18.2 Å². The average Bonchev–Trinajstić information content (AvgIpc) is 2.70. The van der Waals surface area contributed by atoms with Gasteiger partial charge in [0.2, 0.25) is 0 Å². The van der Waals surface area contributed by atoms with Gasteiger partial charge in [0.25, 0.3) is 0 Å². The predicted molar refractivity (Wildman–Crippen MR) is 79.4 cm³/mol. The number of hydrogen-bond donors (Lipinski definition) is 1. The first-order valence-corrected chi connectivity index (χ1v) is 7.46. The zero-order valence-electron chi connectivity index (χ0n) is 11.8. The van der Waals surface area contributed by atoms with Crippen molar-refractivity contribution in [3.05, 3.63) is 42.1 Å². The van der Waals surface area contributed by atoms with E-state index in [0.717, 1.165) is 29.3 Å². The molecule has 2 fully saturated rings. The highest BCUT2D eigenvalue weighted by molar-refractivity contribution is 5.82. The number of fused-ring (bicyclic) bond motifs is 3. The topological polar surface area (TPSA) is 36.4 Å². The van der Waals surface area contributed by atoms with Gasteiger partial charge in [0.1, 0.15) is 0 Å². The van der Waals surface area contributed by atoms with Gasteiger partial charge in [-0.2, -0.15) is 0 Å². The molecule has 0 radical (unpaired) electrons. The summed E-state index contributed by atoms with van der Waals surface area (Å²) in [6.45, 7) is 0. The molecule has 3 heterocycles. The molecule has 2 unspecified atom stereocenters. The first-order chi connectivity index (χ1) is 9.67. The fourth-order valence-corrected chi connectivity index (χ4v) is 4.17. The van der Waals surface area contributed by atoms with Crippen molar-refractivity contribution < 1.29 is 5.11 Å². The third kappa shape index (κ3) is 1.70. The average molecular weight is 268 g/mol. The summed E-state index contributed by atoms with van der Waals surface area (Å²) >= 11 is 0. The summed E-state index contributed by atoms with van der Waals surface area (Å²) in [5, 5.41) is 12.4. The normalized spacial score (nSPS) is 33.7. The standard InChI is InChI=1S/C17H20N2O/c1-19-12-7-8-13(19)11-17(20,10-12)15-5-2-6-16-14(15)4-3-9-18-16/h2-6,9,12-13,20H,7-8,10-11H2,1H3. The van der Waals surface area contributed by atoms with Gasteiger partial charge in [0.05, 0.1) is 11.1 Å². The molecule has 0 saturated carbocycles. The van der Waals surface area contributed by atoms with E-state index in [0.29, 0.717) is 12.1 Å². The van der Waals surface area contributed by atoms with Gasteiger partial charge in [-0.15, -0.1) is 0 Å². The molecular weight excluding hydrogens is 248 g/mol. The molecule has 0 aliphatic carbocycles. The fraction of sp³-hybridized carbons (Fsp3) is 0.471. The number of aliphatic hydroxyl groups is 1. The van der Waals surface area contributed by atoms with Crippen molar-refractivity contribution in [3.63, 3.8) is 0 Å². The first-order valence-electron chi connectivity index (χ1n) is 7.46. The van der Waals surface area contributed by atoms with Crippen molar-refractivity contribution in [1.29, 1.82) is 0 Å². The smallest absolute Gasteiger partial charge is 0.0932 e. The molecule has 1 aromatic carbocycles. The maximum absolute atomic E-state index is 11.3. The SMILES string of the molecule is CN1C2CCC1CC(O)(c1cccc3ncccc13)C2. The Morgan fingerprint density at radius 3 is 2.65 bits per heavy atom. The van der Waals surface area contributed by atoms with Crippen LogP contribution in [0.15, 0.2) is 36.5 Å². The van der Waals surface area contributed by atoms with E-state index in [-0.39, 0.29) is 0 Å². The van der Waals surface area contributed by atoms with E-state index in [1.165, 1.54) is 12.8 Å². The summed E-state index contributed by atoms with van der Waals surface area (Å²) in [4.78, 5) is 6.87. The zero-order chi connectivity index (χ0) is 13.7. The number of hydrogen-bond acceptors (Lipinski definition) is 3. The van der Waals surface area contributed by atoms with Crippen molar-refractivity contribution in [1.82, 2.24) is 9.88 Å². The van der Waals surface area contributed by atoms with Crippen LogP contribution in [0.25, 0.3) is 10.9 Å². The van der Waals surface area contributed by atoms with E-state index in [1.54, 1.807) is 0 Å². The third-order valence-electron chi connectivity index (χ3n) is 5.28. The lowest BCUT2D eigenvalue weighted by Gasteiger charge is -2.42. The fourth-order valence-electron chi connectivity index (χ4n) is 4.17. The second-order valence-electron chi connectivity index (χ2n) is 6.37. The van der Waals surface area contributed by atoms with Crippen LogP contribution in [-0.4, -0.2) is 34.1 Å². The molecule has 104 valence electrons. The van der Waals surface area contributed by atoms with Gasteiger partial charge in [-0.05, 0) is 50.4 Å². The number of aromatic nitrogens is 1. The van der Waals surface area contributed by atoms with E-state index in [4.69, 9.17) is 0 Å². The Labute approximate surface area is 119 Å². The number of pyridine rings is 1. The van der Waals surface area contributed by atoms with Gasteiger partial charge in [-0.25, -0.2) is 0 Å². The highest BCUT2D eigenvalue weighted by Gasteiger charge is 2.47. The van der Waals surface area contributed by atoms with Crippen LogP contribution in [0.4, 0.5) is 0 Å². The Balaban J connectivity index is 1.83. The Hall–Kier alpha value is -1.45. The second-order valence-corrected chi connectivity index (χ2v) is 6.37. The highest BCUT2D eigenvalue weighted by Crippen LogP contribution is 2.46. The van der Waals surface area contributed by atoms with Crippen LogP contribution in [-0.2, 0) is 5.60 Å².